The van der Waals surface area contributed by atoms with E-state index in [1.54, 1.807) is 12.0 Å². The number of methoxy groups -OCH3 is 1. The van der Waals surface area contributed by atoms with Gasteiger partial charge in [0.1, 0.15) is 11.0 Å². The molecule has 17 heavy (non-hydrogen) atoms. The standard InChI is InChI=1S/C11H16ClN3O2/c1-3-15(4-5-17-2)11(16)8-6-9(12)14-10(13)7-8/h6-7H,3-5H2,1-2H3,(H2,13,14). The van der Waals surface area contributed by atoms with Gasteiger partial charge >= 0.3 is 0 Å². The number of hydrogen-bond donors (Lipinski definition) is 1. The van der Waals surface area contributed by atoms with Crippen molar-refractivity contribution in [3.63, 3.8) is 0 Å². The number of carbonyl (C=O) groups is 1. The third-order valence-corrected chi connectivity index (χ3v) is 2.49. The molecule has 2 N–H and O–H groups in total. The molecule has 1 rings (SSSR count). The normalized spacial score (nSPS) is 10.3. The molecular formula is C11H16ClN3O2. The summed E-state index contributed by atoms with van der Waals surface area (Å²) in [5, 5.41) is 0.219. The molecule has 0 atom stereocenters. The van der Waals surface area contributed by atoms with Crippen LogP contribution in [0, 0.1) is 0 Å². The van der Waals surface area contributed by atoms with E-state index in [0.29, 0.717) is 25.3 Å². The van der Waals surface area contributed by atoms with Crippen molar-refractivity contribution in [3.8, 4) is 0 Å². The largest absolute Gasteiger partial charge is 0.384 e. The number of rotatable bonds is 5. The fraction of sp³-hybridized carbons (Fsp3) is 0.455. The third kappa shape index (κ3) is 3.87. The molecule has 0 saturated heterocycles. The fourth-order valence-corrected chi connectivity index (χ4v) is 1.64. The van der Waals surface area contributed by atoms with E-state index in [1.807, 2.05) is 6.92 Å². The second kappa shape index (κ2) is 6.42. The van der Waals surface area contributed by atoms with Crippen LogP contribution in [0.2, 0.25) is 5.15 Å². The highest BCUT2D eigenvalue weighted by Crippen LogP contribution is 2.14. The molecule has 0 unspecified atom stereocenters. The van der Waals surface area contributed by atoms with Crippen molar-refractivity contribution in [3.05, 3.63) is 22.8 Å². The van der Waals surface area contributed by atoms with E-state index in [-0.39, 0.29) is 16.9 Å². The summed E-state index contributed by atoms with van der Waals surface area (Å²) in [6.45, 7) is 3.53. The van der Waals surface area contributed by atoms with E-state index in [1.165, 1.54) is 12.1 Å². The molecular weight excluding hydrogens is 242 g/mol. The monoisotopic (exact) mass is 257 g/mol. The van der Waals surface area contributed by atoms with Gasteiger partial charge in [-0.2, -0.15) is 0 Å². The van der Waals surface area contributed by atoms with E-state index in [4.69, 9.17) is 22.1 Å². The van der Waals surface area contributed by atoms with E-state index in [2.05, 4.69) is 4.98 Å². The molecule has 0 aliphatic heterocycles. The number of anilines is 1. The summed E-state index contributed by atoms with van der Waals surface area (Å²) in [7, 11) is 1.60. The Kier molecular flexibility index (Phi) is 5.18. The van der Waals surface area contributed by atoms with Crippen molar-refractivity contribution in [2.24, 2.45) is 0 Å². The molecule has 0 bridgehead atoms. The summed E-state index contributed by atoms with van der Waals surface area (Å²) in [5.41, 5.74) is 5.99. The Morgan fingerprint density at radius 3 is 2.82 bits per heavy atom. The zero-order chi connectivity index (χ0) is 12.8. The SMILES string of the molecule is CCN(CCOC)C(=O)c1cc(N)nc(Cl)c1. The third-order valence-electron chi connectivity index (χ3n) is 2.30. The van der Waals surface area contributed by atoms with Crippen LogP contribution in [0.25, 0.3) is 0 Å². The first kappa shape index (κ1) is 13.7. The van der Waals surface area contributed by atoms with Gasteiger partial charge in [-0.05, 0) is 19.1 Å². The van der Waals surface area contributed by atoms with Crippen LogP contribution in [0.15, 0.2) is 12.1 Å². The van der Waals surface area contributed by atoms with Crippen LogP contribution >= 0.6 is 11.6 Å². The predicted octanol–water partition coefficient (Wildman–Crippen LogP) is 1.43. The van der Waals surface area contributed by atoms with Gasteiger partial charge in [0.15, 0.2) is 0 Å². The van der Waals surface area contributed by atoms with Crippen molar-refractivity contribution in [2.75, 3.05) is 32.5 Å². The zero-order valence-electron chi connectivity index (χ0n) is 9.94. The Morgan fingerprint density at radius 1 is 1.59 bits per heavy atom. The number of aromatic nitrogens is 1. The minimum atomic E-state index is -0.124. The van der Waals surface area contributed by atoms with Gasteiger partial charge < -0.3 is 15.4 Å². The number of nitrogens with two attached hydrogens (primary N) is 1. The Morgan fingerprint density at radius 2 is 2.29 bits per heavy atom. The van der Waals surface area contributed by atoms with Crippen molar-refractivity contribution in [1.82, 2.24) is 9.88 Å². The second-order valence-electron chi connectivity index (χ2n) is 3.48. The van der Waals surface area contributed by atoms with Crippen molar-refractivity contribution in [1.29, 1.82) is 0 Å². The molecule has 0 radical (unpaired) electrons. The lowest BCUT2D eigenvalue weighted by atomic mass is 10.2. The van der Waals surface area contributed by atoms with E-state index >= 15 is 0 Å². The van der Waals surface area contributed by atoms with Crippen LogP contribution in [0.5, 0.6) is 0 Å². The number of nitrogen functional groups attached to an aromatic ring is 1. The van der Waals surface area contributed by atoms with Crippen molar-refractivity contribution in [2.45, 2.75) is 6.92 Å². The van der Waals surface area contributed by atoms with Gasteiger partial charge in [-0.3, -0.25) is 4.79 Å². The molecule has 1 aromatic heterocycles. The van der Waals surface area contributed by atoms with Crippen LogP contribution in [-0.2, 0) is 4.74 Å². The number of halogens is 1. The first-order chi connectivity index (χ1) is 8.08. The summed E-state index contributed by atoms with van der Waals surface area (Å²) in [6, 6.07) is 3.03. The second-order valence-corrected chi connectivity index (χ2v) is 3.87. The van der Waals surface area contributed by atoms with Gasteiger partial charge in [0.05, 0.1) is 6.61 Å². The molecule has 1 amide bonds. The molecule has 94 valence electrons. The van der Waals surface area contributed by atoms with Crippen LogP contribution in [0.4, 0.5) is 5.82 Å². The van der Waals surface area contributed by atoms with E-state index in [0.717, 1.165) is 0 Å². The molecule has 0 aliphatic rings. The highest BCUT2D eigenvalue weighted by atomic mass is 35.5. The first-order valence-corrected chi connectivity index (χ1v) is 5.67. The molecule has 6 heteroatoms. The molecule has 5 nitrogen and oxygen atoms in total. The number of amides is 1. The number of hydrogen-bond acceptors (Lipinski definition) is 4. The maximum atomic E-state index is 12.1. The highest BCUT2D eigenvalue weighted by molar-refractivity contribution is 6.29. The van der Waals surface area contributed by atoms with E-state index in [9.17, 15) is 4.79 Å². The first-order valence-electron chi connectivity index (χ1n) is 5.29. The van der Waals surface area contributed by atoms with Gasteiger partial charge in [0.2, 0.25) is 0 Å². The minimum Gasteiger partial charge on any atom is -0.384 e. The van der Waals surface area contributed by atoms with Gasteiger partial charge in [0.25, 0.3) is 5.91 Å². The summed E-state index contributed by atoms with van der Waals surface area (Å²) in [5.74, 6) is 0.115. The number of pyridine rings is 1. The summed E-state index contributed by atoms with van der Waals surface area (Å²) in [4.78, 5) is 17.6. The lowest BCUT2D eigenvalue weighted by Gasteiger charge is -2.20. The van der Waals surface area contributed by atoms with Gasteiger partial charge in [-0.1, -0.05) is 11.6 Å². The van der Waals surface area contributed by atoms with Crippen molar-refractivity contribution >= 4 is 23.3 Å². The van der Waals surface area contributed by atoms with Gasteiger partial charge in [-0.25, -0.2) is 4.98 Å². The Labute approximate surface area is 106 Å². The molecule has 0 spiro atoms. The van der Waals surface area contributed by atoms with Crippen LogP contribution in [0.1, 0.15) is 17.3 Å². The molecule has 0 aliphatic carbocycles. The molecule has 0 fully saturated rings. The van der Waals surface area contributed by atoms with E-state index < -0.39 is 0 Å². The van der Waals surface area contributed by atoms with Gasteiger partial charge in [-0.15, -0.1) is 0 Å². The smallest absolute Gasteiger partial charge is 0.254 e. The fourth-order valence-electron chi connectivity index (χ4n) is 1.43. The topological polar surface area (TPSA) is 68.5 Å². The maximum absolute atomic E-state index is 12.1. The molecule has 1 aromatic rings. The summed E-state index contributed by atoms with van der Waals surface area (Å²) in [6.07, 6.45) is 0. The molecule has 0 aromatic carbocycles. The quantitative estimate of drug-likeness (QED) is 0.810. The Hall–Kier alpha value is -1.33. The average molecular weight is 258 g/mol. The average Bonchev–Trinajstić information content (AvgIpc) is 2.28. The lowest BCUT2D eigenvalue weighted by molar-refractivity contribution is 0.0706. The maximum Gasteiger partial charge on any atom is 0.254 e. The number of carbonyl (C=O) groups excluding carboxylic acids is 1. The highest BCUT2D eigenvalue weighted by Gasteiger charge is 2.15. The van der Waals surface area contributed by atoms with Crippen molar-refractivity contribution < 1.29 is 9.53 Å². The number of ether oxygens (including phenoxy) is 1. The summed E-state index contributed by atoms with van der Waals surface area (Å²) < 4.78 is 4.95. The summed E-state index contributed by atoms with van der Waals surface area (Å²) >= 11 is 5.76. The van der Waals surface area contributed by atoms with Crippen LogP contribution in [-0.4, -0.2) is 42.6 Å². The molecule has 0 saturated carbocycles. The van der Waals surface area contributed by atoms with Crippen LogP contribution in [0.3, 0.4) is 0 Å². The lowest BCUT2D eigenvalue weighted by Crippen LogP contribution is -2.33. The zero-order valence-corrected chi connectivity index (χ0v) is 10.7. The number of likely N-dealkylation sites (N-methyl/N-ethyl adjacent to an activating group) is 1. The Balaban J connectivity index is 2.85. The minimum absolute atomic E-state index is 0.124. The Bertz CT molecular complexity index is 378. The van der Waals surface area contributed by atoms with Crippen LogP contribution < -0.4 is 5.73 Å². The molecule has 1 heterocycles. The predicted molar refractivity (Wildman–Crippen MR) is 67.1 cm³/mol. The van der Waals surface area contributed by atoms with Gasteiger partial charge in [0, 0.05) is 25.8 Å². The number of nitrogens with zero attached hydrogens (tertiary/aromatic N) is 2.